The summed E-state index contributed by atoms with van der Waals surface area (Å²) < 4.78 is 9.15. The number of nitrogens with zero attached hydrogens (tertiary/aromatic N) is 1. The predicted molar refractivity (Wildman–Crippen MR) is 41.8 cm³/mol. The lowest BCUT2D eigenvalue weighted by Gasteiger charge is -1.88. The summed E-state index contributed by atoms with van der Waals surface area (Å²) in [5.74, 6) is -1.52. The molecular weight excluding hydrogens is 192 g/mol. The number of hydrogen-bond acceptors (Lipinski definition) is 5. The molecule has 0 atom stereocenters. The molecule has 0 fully saturated rings. The minimum atomic E-state index is -1.38. The Morgan fingerprint density at radius 3 is 2.93 bits per heavy atom. The minimum Gasteiger partial charge on any atom is -0.477 e. The molecule has 0 aliphatic carbocycles. The van der Waals surface area contributed by atoms with Crippen LogP contribution in [0.4, 0.5) is 0 Å². The zero-order valence-corrected chi connectivity index (χ0v) is 6.68. The van der Waals surface area contributed by atoms with Crippen molar-refractivity contribution >= 4 is 5.97 Å². The number of rotatable bonds is 2. The summed E-state index contributed by atoms with van der Waals surface area (Å²) in [6.45, 7) is 0. The van der Waals surface area contributed by atoms with Gasteiger partial charge in [0, 0.05) is 6.07 Å². The number of carbonyl (C=O) groups is 1. The third-order valence-corrected chi connectivity index (χ3v) is 1.58. The molecule has 72 valence electrons. The van der Waals surface area contributed by atoms with Gasteiger partial charge in [-0.05, 0) is 0 Å². The summed E-state index contributed by atoms with van der Waals surface area (Å²) >= 11 is 0. The molecule has 7 heteroatoms. The van der Waals surface area contributed by atoms with Crippen molar-refractivity contribution in [2.24, 2.45) is 0 Å². The van der Waals surface area contributed by atoms with Crippen molar-refractivity contribution in [1.29, 1.82) is 0 Å². The van der Waals surface area contributed by atoms with Gasteiger partial charge < -0.3 is 14.2 Å². The van der Waals surface area contributed by atoms with Crippen molar-refractivity contribution in [3.63, 3.8) is 0 Å². The summed E-state index contributed by atoms with van der Waals surface area (Å²) in [6, 6.07) is 1.39. The van der Waals surface area contributed by atoms with Crippen LogP contribution >= 0.6 is 0 Å². The maximum atomic E-state index is 11.0. The van der Waals surface area contributed by atoms with Gasteiger partial charge >= 0.3 is 5.97 Å². The van der Waals surface area contributed by atoms with Gasteiger partial charge in [-0.2, -0.15) is 5.16 Å². The van der Waals surface area contributed by atoms with Crippen molar-refractivity contribution in [1.82, 2.24) is 10.3 Å². The van der Waals surface area contributed by atoms with Gasteiger partial charge in [-0.25, -0.2) is 4.79 Å². The van der Waals surface area contributed by atoms with Crippen molar-refractivity contribution in [2.45, 2.75) is 0 Å². The Labute approximate surface area is 75.9 Å². The molecule has 2 aromatic rings. The fourth-order valence-corrected chi connectivity index (χ4v) is 1.01. The summed E-state index contributed by atoms with van der Waals surface area (Å²) in [5, 5.41) is 14.1. The van der Waals surface area contributed by atoms with E-state index in [2.05, 4.69) is 14.2 Å². The lowest BCUT2D eigenvalue weighted by Crippen LogP contribution is -2.12. The van der Waals surface area contributed by atoms with Crippen LogP contribution in [0.3, 0.4) is 0 Å². The average molecular weight is 196 g/mol. The molecule has 0 saturated carbocycles. The second kappa shape index (κ2) is 2.87. The zero-order valence-electron chi connectivity index (χ0n) is 6.68. The summed E-state index contributed by atoms with van der Waals surface area (Å²) in [6.07, 6.45) is 1.24. The predicted octanol–water partition coefficient (Wildman–Crippen LogP) is 0.321. The third-order valence-electron chi connectivity index (χ3n) is 1.58. The Balaban J connectivity index is 2.66. The Kier molecular flexibility index (Phi) is 1.70. The molecule has 0 spiro atoms. The molecule has 0 bridgehead atoms. The Morgan fingerprint density at radius 1 is 1.57 bits per heavy atom. The number of hydrogen-bond donors (Lipinski definition) is 2. The van der Waals surface area contributed by atoms with Crippen LogP contribution in [0.25, 0.3) is 11.5 Å². The second-order valence-electron chi connectivity index (χ2n) is 2.43. The van der Waals surface area contributed by atoms with Crippen LogP contribution in [-0.2, 0) is 0 Å². The summed E-state index contributed by atoms with van der Waals surface area (Å²) in [5.41, 5.74) is -1.14. The van der Waals surface area contributed by atoms with Crippen LogP contribution in [0.15, 0.2) is 26.2 Å². The molecule has 2 rings (SSSR count). The lowest BCUT2D eigenvalue weighted by molar-refractivity contribution is 0.0696. The number of nitrogens with one attached hydrogen (secondary N) is 1. The highest BCUT2D eigenvalue weighted by atomic mass is 16.5. The Bertz CT molecular complexity index is 506. The normalized spacial score (nSPS) is 10.3. The molecule has 0 aliphatic rings. The molecule has 2 heterocycles. The van der Waals surface area contributed by atoms with E-state index in [4.69, 9.17) is 5.11 Å². The highest BCUT2D eigenvalue weighted by Crippen LogP contribution is 2.18. The van der Waals surface area contributed by atoms with Crippen LogP contribution in [0, 0.1) is 0 Å². The van der Waals surface area contributed by atoms with Gasteiger partial charge in [0.2, 0.25) is 5.76 Å². The largest absolute Gasteiger partial charge is 0.477 e. The highest BCUT2D eigenvalue weighted by molar-refractivity contribution is 5.93. The summed E-state index contributed by atoms with van der Waals surface area (Å²) in [4.78, 5) is 21.6. The molecule has 0 amide bonds. The number of carboxylic acid groups (broad SMARTS) is 1. The number of aromatic amines is 1. The average Bonchev–Trinajstić information content (AvgIpc) is 2.70. The standard InChI is InChI=1S/C7H4N2O5/c10-6-4(7(11)12)5(14-9-6)3-1-2-13-8-3/h1-2H,(H,9,10)(H,11,12). The Morgan fingerprint density at radius 2 is 2.36 bits per heavy atom. The van der Waals surface area contributed by atoms with E-state index in [9.17, 15) is 9.59 Å². The number of carboxylic acids is 1. The molecule has 0 unspecified atom stereocenters. The van der Waals surface area contributed by atoms with Crippen LogP contribution in [-0.4, -0.2) is 21.4 Å². The van der Waals surface area contributed by atoms with Crippen LogP contribution in [0.1, 0.15) is 10.4 Å². The van der Waals surface area contributed by atoms with Crippen LogP contribution in [0.5, 0.6) is 0 Å². The fourth-order valence-electron chi connectivity index (χ4n) is 1.01. The molecule has 2 N–H and O–H groups in total. The Hall–Kier alpha value is -2.31. The second-order valence-corrected chi connectivity index (χ2v) is 2.43. The molecular formula is C7H4N2O5. The van der Waals surface area contributed by atoms with Gasteiger partial charge in [0.15, 0.2) is 11.3 Å². The van der Waals surface area contributed by atoms with Crippen LogP contribution in [0.2, 0.25) is 0 Å². The molecule has 2 aromatic heterocycles. The maximum absolute atomic E-state index is 11.0. The molecule has 7 nitrogen and oxygen atoms in total. The van der Waals surface area contributed by atoms with E-state index in [-0.39, 0.29) is 11.5 Å². The van der Waals surface area contributed by atoms with Crippen molar-refractivity contribution in [3.8, 4) is 11.5 Å². The van der Waals surface area contributed by atoms with E-state index in [1.807, 2.05) is 5.16 Å². The van der Waals surface area contributed by atoms with E-state index in [1.165, 1.54) is 12.3 Å². The van der Waals surface area contributed by atoms with E-state index in [0.29, 0.717) is 0 Å². The monoisotopic (exact) mass is 196 g/mol. The molecule has 0 saturated heterocycles. The van der Waals surface area contributed by atoms with Gasteiger partial charge in [0.1, 0.15) is 6.26 Å². The van der Waals surface area contributed by atoms with Gasteiger partial charge in [0.25, 0.3) is 5.56 Å². The zero-order chi connectivity index (χ0) is 10.1. The third kappa shape index (κ3) is 1.11. The van der Waals surface area contributed by atoms with Gasteiger partial charge in [-0.15, -0.1) is 0 Å². The maximum Gasteiger partial charge on any atom is 0.345 e. The van der Waals surface area contributed by atoms with E-state index >= 15 is 0 Å². The first kappa shape index (κ1) is 8.30. The SMILES string of the molecule is O=C(O)c1c(-c2ccon2)o[nH]c1=O. The van der Waals surface area contributed by atoms with Gasteiger partial charge in [-0.1, -0.05) is 5.16 Å². The quantitative estimate of drug-likeness (QED) is 0.715. The smallest absolute Gasteiger partial charge is 0.345 e. The van der Waals surface area contributed by atoms with Crippen LogP contribution < -0.4 is 5.56 Å². The number of H-pyrrole nitrogens is 1. The van der Waals surface area contributed by atoms with E-state index in [1.54, 1.807) is 0 Å². The van der Waals surface area contributed by atoms with E-state index < -0.39 is 17.1 Å². The number of aromatic carboxylic acids is 1. The van der Waals surface area contributed by atoms with Crippen molar-refractivity contribution < 1.29 is 18.9 Å². The number of aromatic nitrogens is 2. The molecule has 0 aromatic carbocycles. The topological polar surface area (TPSA) is 109 Å². The van der Waals surface area contributed by atoms with Crippen molar-refractivity contribution in [2.75, 3.05) is 0 Å². The molecule has 0 aliphatic heterocycles. The highest BCUT2D eigenvalue weighted by Gasteiger charge is 2.22. The molecule has 14 heavy (non-hydrogen) atoms. The van der Waals surface area contributed by atoms with Gasteiger partial charge in [-0.3, -0.25) is 4.79 Å². The lowest BCUT2D eigenvalue weighted by atomic mass is 10.2. The summed E-state index contributed by atoms with van der Waals surface area (Å²) in [7, 11) is 0. The first-order valence-electron chi connectivity index (χ1n) is 3.55. The first-order valence-corrected chi connectivity index (χ1v) is 3.55. The fraction of sp³-hybridized carbons (Fsp3) is 0. The minimum absolute atomic E-state index is 0.142. The van der Waals surface area contributed by atoms with Gasteiger partial charge in [0.05, 0.1) is 0 Å². The first-order chi connectivity index (χ1) is 6.70. The molecule has 0 radical (unpaired) electrons. The van der Waals surface area contributed by atoms with E-state index in [0.717, 1.165) is 0 Å². The van der Waals surface area contributed by atoms with Crippen molar-refractivity contribution in [3.05, 3.63) is 28.2 Å².